The minimum Gasteiger partial charge on any atom is -0.505 e. The summed E-state index contributed by atoms with van der Waals surface area (Å²) in [6, 6.07) is 5.60. The van der Waals surface area contributed by atoms with Crippen LogP contribution in [0.3, 0.4) is 0 Å². The number of ether oxygens (including phenoxy) is 2. The lowest BCUT2D eigenvalue weighted by molar-refractivity contribution is -0.122. The average molecular weight is 443 g/mol. The summed E-state index contributed by atoms with van der Waals surface area (Å²) in [6.45, 7) is 1.36. The number of carbonyl (C=O) groups is 2. The number of hydrogen-bond donors (Lipinski definition) is 2. The lowest BCUT2D eigenvalue weighted by atomic mass is 10.0. The van der Waals surface area contributed by atoms with Gasteiger partial charge in [0.1, 0.15) is 17.1 Å². The molecule has 9 nitrogen and oxygen atoms in total. The summed E-state index contributed by atoms with van der Waals surface area (Å²) >= 11 is 0. The van der Waals surface area contributed by atoms with Crippen LogP contribution in [0.1, 0.15) is 28.4 Å². The zero-order valence-corrected chi connectivity index (χ0v) is 17.8. The number of amides is 1. The van der Waals surface area contributed by atoms with Crippen LogP contribution < -0.4 is 15.6 Å². The number of rotatable bonds is 7. The highest BCUT2D eigenvalue weighted by Crippen LogP contribution is 2.28. The number of carbonyl (C=O) groups excluding carboxylic acids is 2. The SMILES string of the molecule is CCOC(=O)c1c(O)c2ncc(Cc3ccc(F)cc3OCC(=O)NC)cc2n(C)c1=O. The van der Waals surface area contributed by atoms with Crippen LogP contribution in [0.25, 0.3) is 11.0 Å². The number of aryl methyl sites for hydroxylation is 1. The van der Waals surface area contributed by atoms with E-state index in [2.05, 4.69) is 10.3 Å². The van der Waals surface area contributed by atoms with Gasteiger partial charge in [-0.2, -0.15) is 0 Å². The molecule has 0 spiro atoms. The van der Waals surface area contributed by atoms with Crippen LogP contribution in [-0.2, 0) is 23.0 Å². The summed E-state index contributed by atoms with van der Waals surface area (Å²) < 4.78 is 25.2. The first-order valence-corrected chi connectivity index (χ1v) is 9.76. The first kappa shape index (κ1) is 22.7. The molecule has 0 unspecified atom stereocenters. The van der Waals surface area contributed by atoms with Crippen molar-refractivity contribution in [3.63, 3.8) is 0 Å². The summed E-state index contributed by atoms with van der Waals surface area (Å²) in [5.74, 6) is -2.17. The smallest absolute Gasteiger partial charge is 0.347 e. The second-order valence-corrected chi connectivity index (χ2v) is 6.91. The minimum atomic E-state index is -0.928. The molecule has 0 aliphatic rings. The molecule has 1 aromatic carbocycles. The van der Waals surface area contributed by atoms with Crippen molar-refractivity contribution < 1.29 is 28.6 Å². The van der Waals surface area contributed by atoms with E-state index in [1.54, 1.807) is 13.0 Å². The number of esters is 1. The van der Waals surface area contributed by atoms with Gasteiger partial charge in [-0.15, -0.1) is 0 Å². The molecule has 0 aliphatic heterocycles. The van der Waals surface area contributed by atoms with Gasteiger partial charge in [-0.05, 0) is 30.2 Å². The maximum Gasteiger partial charge on any atom is 0.347 e. The Kier molecular flexibility index (Phi) is 6.72. The van der Waals surface area contributed by atoms with E-state index in [1.807, 2.05) is 0 Å². The highest BCUT2D eigenvalue weighted by Gasteiger charge is 2.23. The van der Waals surface area contributed by atoms with Crippen molar-refractivity contribution in [3.05, 3.63) is 63.3 Å². The highest BCUT2D eigenvalue weighted by molar-refractivity contribution is 5.98. The molecule has 0 atom stereocenters. The highest BCUT2D eigenvalue weighted by atomic mass is 19.1. The molecule has 0 bridgehead atoms. The number of fused-ring (bicyclic) bond motifs is 1. The summed E-state index contributed by atoms with van der Waals surface area (Å²) in [5.41, 5.74) is 0.386. The zero-order chi connectivity index (χ0) is 23.4. The van der Waals surface area contributed by atoms with E-state index < -0.39 is 28.7 Å². The molecule has 0 radical (unpaired) electrons. The standard InChI is InChI=1S/C22H22FN3O6/c1-4-31-22(30)18-20(28)19-15(26(3)21(18)29)8-12(10-25-19)7-13-5-6-14(23)9-16(13)32-11-17(27)24-2/h5-6,8-10,28H,4,7,11H2,1-3H3,(H,24,27). The number of pyridine rings is 2. The van der Waals surface area contributed by atoms with Gasteiger partial charge in [0.05, 0.1) is 12.1 Å². The normalized spacial score (nSPS) is 10.8. The average Bonchev–Trinajstić information content (AvgIpc) is 2.77. The number of likely N-dealkylation sites (N-methyl/N-ethyl adjacent to an activating group) is 1. The zero-order valence-electron chi connectivity index (χ0n) is 17.8. The lowest BCUT2D eigenvalue weighted by Gasteiger charge is -2.13. The van der Waals surface area contributed by atoms with E-state index in [9.17, 15) is 23.9 Å². The summed E-state index contributed by atoms with van der Waals surface area (Å²) in [4.78, 5) is 40.4. The number of aromatic hydroxyl groups is 1. The number of aromatic nitrogens is 2. The van der Waals surface area contributed by atoms with Crippen molar-refractivity contribution in [2.75, 3.05) is 20.3 Å². The van der Waals surface area contributed by atoms with E-state index >= 15 is 0 Å². The van der Waals surface area contributed by atoms with Crippen LogP contribution in [0.4, 0.5) is 4.39 Å². The maximum absolute atomic E-state index is 13.7. The Morgan fingerprint density at radius 1 is 1.28 bits per heavy atom. The molecular weight excluding hydrogens is 421 g/mol. The molecule has 168 valence electrons. The first-order valence-electron chi connectivity index (χ1n) is 9.76. The van der Waals surface area contributed by atoms with Crippen molar-refractivity contribution in [1.82, 2.24) is 14.9 Å². The molecule has 1 amide bonds. The van der Waals surface area contributed by atoms with Gasteiger partial charge in [-0.3, -0.25) is 14.6 Å². The van der Waals surface area contributed by atoms with Crippen molar-refractivity contribution in [2.24, 2.45) is 7.05 Å². The molecule has 3 aromatic rings. The third-order valence-corrected chi connectivity index (χ3v) is 4.81. The Hall–Kier alpha value is -3.95. The molecule has 0 saturated carbocycles. The Morgan fingerprint density at radius 2 is 2.03 bits per heavy atom. The number of nitrogens with zero attached hydrogens (tertiary/aromatic N) is 2. The van der Waals surface area contributed by atoms with Gasteiger partial charge in [-0.25, -0.2) is 9.18 Å². The van der Waals surface area contributed by atoms with Gasteiger partial charge < -0.3 is 24.5 Å². The lowest BCUT2D eigenvalue weighted by Crippen LogP contribution is -2.26. The van der Waals surface area contributed by atoms with Crippen molar-refractivity contribution in [1.29, 1.82) is 0 Å². The predicted octanol–water partition coefficient (Wildman–Crippen LogP) is 1.67. The molecule has 0 aliphatic carbocycles. The van der Waals surface area contributed by atoms with E-state index in [1.165, 1.54) is 43.1 Å². The largest absolute Gasteiger partial charge is 0.505 e. The van der Waals surface area contributed by atoms with Gasteiger partial charge in [0, 0.05) is 32.8 Å². The fourth-order valence-electron chi connectivity index (χ4n) is 3.16. The van der Waals surface area contributed by atoms with Crippen LogP contribution in [0.15, 0.2) is 35.3 Å². The third-order valence-electron chi connectivity index (χ3n) is 4.81. The van der Waals surface area contributed by atoms with E-state index in [0.29, 0.717) is 16.6 Å². The van der Waals surface area contributed by atoms with Gasteiger partial charge >= 0.3 is 5.97 Å². The molecule has 0 fully saturated rings. The molecular formula is C22H22FN3O6. The monoisotopic (exact) mass is 443 g/mol. The quantitative estimate of drug-likeness (QED) is 0.533. The molecule has 2 heterocycles. The molecule has 0 saturated heterocycles. The van der Waals surface area contributed by atoms with E-state index in [4.69, 9.17) is 9.47 Å². The molecule has 32 heavy (non-hydrogen) atoms. The van der Waals surface area contributed by atoms with Crippen molar-refractivity contribution in [3.8, 4) is 11.5 Å². The molecule has 2 aromatic heterocycles. The molecule has 2 N–H and O–H groups in total. The Balaban J connectivity index is 2.01. The van der Waals surface area contributed by atoms with Crippen molar-refractivity contribution >= 4 is 22.9 Å². The Labute approximate surface area is 182 Å². The van der Waals surface area contributed by atoms with Crippen LogP contribution in [0.5, 0.6) is 11.5 Å². The molecule has 10 heteroatoms. The van der Waals surface area contributed by atoms with Crippen molar-refractivity contribution in [2.45, 2.75) is 13.3 Å². The second kappa shape index (κ2) is 9.46. The third kappa shape index (κ3) is 4.53. The number of nitrogens with one attached hydrogen (secondary N) is 1. The summed E-state index contributed by atoms with van der Waals surface area (Å²) in [6.07, 6.45) is 1.72. The fourth-order valence-corrected chi connectivity index (χ4v) is 3.16. The van der Waals surface area contributed by atoms with Crippen LogP contribution >= 0.6 is 0 Å². The maximum atomic E-state index is 13.7. The number of halogens is 1. The molecule has 3 rings (SSSR count). The van der Waals surface area contributed by atoms with Crippen LogP contribution in [-0.4, -0.2) is 46.8 Å². The van der Waals surface area contributed by atoms with Gasteiger partial charge in [0.25, 0.3) is 11.5 Å². The summed E-state index contributed by atoms with van der Waals surface area (Å²) in [7, 11) is 2.92. The van der Waals surface area contributed by atoms with Crippen LogP contribution in [0.2, 0.25) is 0 Å². The topological polar surface area (TPSA) is 120 Å². The predicted molar refractivity (Wildman–Crippen MR) is 113 cm³/mol. The van der Waals surface area contributed by atoms with E-state index in [-0.39, 0.29) is 36.8 Å². The Bertz CT molecular complexity index is 1250. The van der Waals surface area contributed by atoms with Crippen LogP contribution in [0, 0.1) is 5.82 Å². The number of benzene rings is 1. The fraction of sp³-hybridized carbons (Fsp3) is 0.273. The Morgan fingerprint density at radius 3 is 2.72 bits per heavy atom. The first-order chi connectivity index (χ1) is 15.3. The van der Waals surface area contributed by atoms with Gasteiger partial charge in [0.15, 0.2) is 17.9 Å². The summed E-state index contributed by atoms with van der Waals surface area (Å²) in [5, 5.41) is 12.9. The minimum absolute atomic E-state index is 0.0494. The van der Waals surface area contributed by atoms with Gasteiger partial charge in [-0.1, -0.05) is 6.07 Å². The number of hydrogen-bond acceptors (Lipinski definition) is 7. The van der Waals surface area contributed by atoms with E-state index in [0.717, 1.165) is 0 Å². The second-order valence-electron chi connectivity index (χ2n) is 6.91. The van der Waals surface area contributed by atoms with Gasteiger partial charge in [0.2, 0.25) is 0 Å².